The van der Waals surface area contributed by atoms with Crippen molar-refractivity contribution in [1.82, 2.24) is 0 Å². The van der Waals surface area contributed by atoms with Gasteiger partial charge in [-0.25, -0.2) is 9.18 Å². The van der Waals surface area contributed by atoms with Crippen LogP contribution in [0.25, 0.3) is 0 Å². The third kappa shape index (κ3) is 2.46. The van der Waals surface area contributed by atoms with Gasteiger partial charge >= 0.3 is 5.97 Å². The summed E-state index contributed by atoms with van der Waals surface area (Å²) in [5.41, 5.74) is 5.30. The van der Waals surface area contributed by atoms with E-state index in [1.807, 2.05) is 0 Å². The first kappa shape index (κ1) is 8.46. The summed E-state index contributed by atoms with van der Waals surface area (Å²) in [5, 5.41) is 8.23. The molecule has 0 aromatic rings. The van der Waals surface area contributed by atoms with Crippen molar-refractivity contribution >= 4 is 5.97 Å². The highest BCUT2D eigenvalue weighted by Crippen LogP contribution is 2.33. The van der Waals surface area contributed by atoms with Crippen molar-refractivity contribution in [3.8, 4) is 0 Å². The van der Waals surface area contributed by atoms with E-state index in [9.17, 15) is 9.18 Å². The predicted molar refractivity (Wildman–Crippen MR) is 37.8 cm³/mol. The van der Waals surface area contributed by atoms with Crippen molar-refractivity contribution in [2.45, 2.75) is 31.5 Å². The molecule has 0 amide bonds. The van der Waals surface area contributed by atoms with E-state index >= 15 is 0 Å². The normalized spacial score (nSPS) is 22.7. The van der Waals surface area contributed by atoms with Crippen LogP contribution in [0.3, 0.4) is 0 Å². The Hall–Kier alpha value is -0.640. The van der Waals surface area contributed by atoms with Crippen LogP contribution in [0.15, 0.2) is 0 Å². The maximum atomic E-state index is 12.6. The first-order valence-corrected chi connectivity index (χ1v) is 3.73. The molecule has 2 atom stereocenters. The van der Waals surface area contributed by atoms with Crippen LogP contribution in [0.4, 0.5) is 4.39 Å². The molecule has 0 saturated heterocycles. The van der Waals surface area contributed by atoms with Crippen LogP contribution in [0.2, 0.25) is 0 Å². The lowest BCUT2D eigenvalue weighted by Gasteiger charge is -2.11. The molecule has 3 N–H and O–H groups in total. The minimum atomic E-state index is -1.89. The lowest BCUT2D eigenvalue weighted by molar-refractivity contribution is -0.143. The van der Waals surface area contributed by atoms with Crippen molar-refractivity contribution in [2.24, 2.45) is 11.7 Å². The molecule has 2 unspecified atom stereocenters. The standard InChI is InChI=1S/C7H12FNO2/c8-6(7(10)11)5(9)3-4-1-2-4/h4-6H,1-3,9H2,(H,10,11). The Labute approximate surface area is 64.4 Å². The number of alkyl halides is 1. The number of carboxylic acid groups (broad SMARTS) is 1. The molecular weight excluding hydrogens is 149 g/mol. The minimum Gasteiger partial charge on any atom is -0.479 e. The second kappa shape index (κ2) is 3.17. The Balaban J connectivity index is 2.26. The maximum Gasteiger partial charge on any atom is 0.339 e. The molecule has 0 radical (unpaired) electrons. The first-order valence-electron chi connectivity index (χ1n) is 3.73. The lowest BCUT2D eigenvalue weighted by Crippen LogP contribution is -2.37. The van der Waals surface area contributed by atoms with Crippen molar-refractivity contribution in [2.75, 3.05) is 0 Å². The fourth-order valence-corrected chi connectivity index (χ4v) is 1.04. The molecule has 1 aliphatic carbocycles. The number of carbonyl (C=O) groups is 1. The van der Waals surface area contributed by atoms with Gasteiger partial charge in [-0.15, -0.1) is 0 Å². The number of nitrogens with two attached hydrogens (primary N) is 1. The van der Waals surface area contributed by atoms with E-state index in [-0.39, 0.29) is 0 Å². The average Bonchev–Trinajstić information content (AvgIpc) is 2.69. The zero-order valence-corrected chi connectivity index (χ0v) is 6.16. The average molecular weight is 161 g/mol. The Bertz CT molecular complexity index is 159. The Morgan fingerprint density at radius 1 is 1.73 bits per heavy atom. The summed E-state index contributed by atoms with van der Waals surface area (Å²) in [6.07, 6.45) is 0.753. The molecule has 4 heteroatoms. The van der Waals surface area contributed by atoms with Crippen LogP contribution in [0.1, 0.15) is 19.3 Å². The zero-order valence-electron chi connectivity index (χ0n) is 6.16. The Morgan fingerprint density at radius 2 is 2.27 bits per heavy atom. The molecule has 0 heterocycles. The monoisotopic (exact) mass is 161 g/mol. The number of halogens is 1. The van der Waals surface area contributed by atoms with E-state index in [1.165, 1.54) is 0 Å². The number of aliphatic carboxylic acids is 1. The highest BCUT2D eigenvalue weighted by molar-refractivity contribution is 5.73. The lowest BCUT2D eigenvalue weighted by atomic mass is 10.1. The van der Waals surface area contributed by atoms with Gasteiger partial charge in [0.1, 0.15) is 0 Å². The number of hydrogen-bond donors (Lipinski definition) is 2. The van der Waals surface area contributed by atoms with Crippen LogP contribution in [-0.4, -0.2) is 23.3 Å². The second-order valence-corrected chi connectivity index (χ2v) is 3.08. The van der Waals surface area contributed by atoms with E-state index in [0.29, 0.717) is 12.3 Å². The van der Waals surface area contributed by atoms with E-state index in [4.69, 9.17) is 10.8 Å². The Morgan fingerprint density at radius 3 is 2.64 bits per heavy atom. The molecule has 11 heavy (non-hydrogen) atoms. The van der Waals surface area contributed by atoms with Crippen LogP contribution in [0, 0.1) is 5.92 Å². The molecule has 1 rings (SSSR count). The summed E-state index contributed by atoms with van der Waals surface area (Å²) in [6.45, 7) is 0. The van der Waals surface area contributed by atoms with Gasteiger partial charge in [0.2, 0.25) is 6.17 Å². The molecule has 0 aromatic carbocycles. The minimum absolute atomic E-state index is 0.475. The quantitative estimate of drug-likeness (QED) is 0.632. The van der Waals surface area contributed by atoms with Gasteiger partial charge in [0, 0.05) is 6.04 Å². The van der Waals surface area contributed by atoms with Gasteiger partial charge in [0.25, 0.3) is 0 Å². The van der Waals surface area contributed by atoms with Crippen molar-refractivity contribution < 1.29 is 14.3 Å². The summed E-state index contributed by atoms with van der Waals surface area (Å²) in [6, 6.07) is -0.819. The largest absolute Gasteiger partial charge is 0.479 e. The van der Waals surface area contributed by atoms with Gasteiger partial charge in [-0.3, -0.25) is 0 Å². The number of rotatable bonds is 4. The fraction of sp³-hybridized carbons (Fsp3) is 0.857. The van der Waals surface area contributed by atoms with Crippen LogP contribution in [-0.2, 0) is 4.79 Å². The van der Waals surface area contributed by atoms with Gasteiger partial charge in [-0.2, -0.15) is 0 Å². The van der Waals surface area contributed by atoms with Gasteiger partial charge in [0.15, 0.2) is 0 Å². The van der Waals surface area contributed by atoms with E-state index < -0.39 is 18.2 Å². The summed E-state index contributed by atoms with van der Waals surface area (Å²) in [7, 11) is 0. The first-order chi connectivity index (χ1) is 5.11. The molecule has 1 saturated carbocycles. The maximum absolute atomic E-state index is 12.6. The summed E-state index contributed by atoms with van der Waals surface area (Å²) >= 11 is 0. The topological polar surface area (TPSA) is 63.3 Å². The van der Waals surface area contributed by atoms with Crippen LogP contribution >= 0.6 is 0 Å². The van der Waals surface area contributed by atoms with Gasteiger partial charge < -0.3 is 10.8 Å². The summed E-state index contributed by atoms with van der Waals surface area (Å²) in [5.74, 6) is -0.972. The van der Waals surface area contributed by atoms with Gasteiger partial charge in [-0.1, -0.05) is 12.8 Å². The fourth-order valence-electron chi connectivity index (χ4n) is 1.04. The molecule has 1 fully saturated rings. The van der Waals surface area contributed by atoms with E-state index in [1.54, 1.807) is 0 Å². The molecule has 3 nitrogen and oxygen atoms in total. The number of carboxylic acids is 1. The smallest absolute Gasteiger partial charge is 0.339 e. The van der Waals surface area contributed by atoms with Crippen molar-refractivity contribution in [3.63, 3.8) is 0 Å². The molecule has 0 bridgehead atoms. The van der Waals surface area contributed by atoms with E-state index in [2.05, 4.69) is 0 Å². The summed E-state index contributed by atoms with van der Waals surface area (Å²) in [4.78, 5) is 10.1. The predicted octanol–water partition coefficient (Wildman–Crippen LogP) is 0.536. The molecule has 1 aliphatic rings. The second-order valence-electron chi connectivity index (χ2n) is 3.08. The SMILES string of the molecule is NC(CC1CC1)C(F)C(=O)O. The highest BCUT2D eigenvalue weighted by atomic mass is 19.1. The molecule has 0 aliphatic heterocycles. The highest BCUT2D eigenvalue weighted by Gasteiger charge is 2.31. The van der Waals surface area contributed by atoms with Crippen molar-refractivity contribution in [3.05, 3.63) is 0 Å². The molecule has 0 aromatic heterocycles. The van der Waals surface area contributed by atoms with Crippen molar-refractivity contribution in [1.29, 1.82) is 0 Å². The van der Waals surface area contributed by atoms with Gasteiger partial charge in [-0.05, 0) is 12.3 Å². The molecule has 64 valence electrons. The summed E-state index contributed by atoms with van der Waals surface area (Å²) < 4.78 is 12.6. The molecular formula is C7H12FNO2. The van der Waals surface area contributed by atoms with Crippen LogP contribution < -0.4 is 5.73 Å². The zero-order chi connectivity index (χ0) is 8.43. The van der Waals surface area contributed by atoms with E-state index in [0.717, 1.165) is 12.8 Å². The van der Waals surface area contributed by atoms with Crippen LogP contribution in [0.5, 0.6) is 0 Å². The molecule has 0 spiro atoms. The van der Waals surface area contributed by atoms with Gasteiger partial charge in [0.05, 0.1) is 0 Å². The Kier molecular flexibility index (Phi) is 2.44. The third-order valence-corrected chi connectivity index (χ3v) is 1.91. The third-order valence-electron chi connectivity index (χ3n) is 1.91. The number of hydrogen-bond acceptors (Lipinski definition) is 2.